The van der Waals surface area contributed by atoms with Gasteiger partial charge in [-0.05, 0) is 18.4 Å². The second-order valence-corrected chi connectivity index (χ2v) is 9.72. The SMILES string of the molecule is CCCCCCCCCCCCCCCCCc1n(Cc2ccccc2)cc[n+]1CCC. The second kappa shape index (κ2) is 17.9. The molecule has 0 bridgehead atoms. The fourth-order valence-electron chi connectivity index (χ4n) is 4.81. The van der Waals surface area contributed by atoms with Gasteiger partial charge in [-0.25, -0.2) is 9.13 Å². The summed E-state index contributed by atoms with van der Waals surface area (Å²) in [4.78, 5) is 0. The molecule has 1 aromatic heterocycles. The quantitative estimate of drug-likeness (QED) is 0.144. The topological polar surface area (TPSA) is 8.81 Å². The number of benzene rings is 1. The van der Waals surface area contributed by atoms with E-state index in [0.717, 1.165) is 13.1 Å². The molecule has 0 radical (unpaired) electrons. The highest BCUT2D eigenvalue weighted by molar-refractivity contribution is 5.15. The van der Waals surface area contributed by atoms with Gasteiger partial charge in [-0.3, -0.25) is 0 Å². The van der Waals surface area contributed by atoms with Crippen molar-refractivity contribution in [1.29, 1.82) is 0 Å². The molecule has 0 unspecified atom stereocenters. The minimum atomic E-state index is 0.992. The third-order valence-corrected chi connectivity index (χ3v) is 6.75. The van der Waals surface area contributed by atoms with E-state index in [9.17, 15) is 0 Å². The molecule has 0 N–H and O–H groups in total. The standard InChI is InChI=1S/C30H51N2/c1-3-5-6-7-8-9-10-11-12-13-14-15-16-17-21-24-30-31(25-4-2)26-27-32(30)28-29-22-19-18-20-23-29/h18-20,22-23,26-27H,3-17,21,24-25,28H2,1-2H3/q+1. The van der Waals surface area contributed by atoms with E-state index in [1.54, 1.807) is 0 Å². The summed E-state index contributed by atoms with van der Waals surface area (Å²) in [6, 6.07) is 10.9. The third-order valence-electron chi connectivity index (χ3n) is 6.75. The molecule has 0 spiro atoms. The molecule has 0 saturated heterocycles. The van der Waals surface area contributed by atoms with Crippen LogP contribution in [0.5, 0.6) is 0 Å². The summed E-state index contributed by atoms with van der Waals surface area (Å²) in [6.45, 7) is 6.70. The minimum Gasteiger partial charge on any atom is -0.234 e. The lowest BCUT2D eigenvalue weighted by Crippen LogP contribution is -2.37. The summed E-state index contributed by atoms with van der Waals surface area (Å²) in [5.41, 5.74) is 1.39. The summed E-state index contributed by atoms with van der Waals surface area (Å²) in [5.74, 6) is 1.50. The molecule has 32 heavy (non-hydrogen) atoms. The molecule has 2 aromatic rings. The first-order valence-electron chi connectivity index (χ1n) is 14.0. The molecule has 0 aliphatic carbocycles. The molecule has 0 aliphatic heterocycles. The Bertz CT molecular complexity index is 673. The number of imidazole rings is 1. The van der Waals surface area contributed by atoms with Crippen LogP contribution in [0.4, 0.5) is 0 Å². The van der Waals surface area contributed by atoms with Crippen molar-refractivity contribution in [2.75, 3.05) is 0 Å². The van der Waals surface area contributed by atoms with Gasteiger partial charge in [-0.15, -0.1) is 0 Å². The molecule has 0 aliphatic rings. The van der Waals surface area contributed by atoms with Crippen LogP contribution in [0.1, 0.15) is 128 Å². The maximum Gasteiger partial charge on any atom is 0.256 e. The van der Waals surface area contributed by atoms with E-state index in [1.807, 2.05) is 0 Å². The van der Waals surface area contributed by atoms with Crippen molar-refractivity contribution in [3.63, 3.8) is 0 Å². The first kappa shape index (κ1) is 26.7. The van der Waals surface area contributed by atoms with Crippen molar-refractivity contribution < 1.29 is 4.57 Å². The monoisotopic (exact) mass is 439 g/mol. The van der Waals surface area contributed by atoms with E-state index in [4.69, 9.17) is 0 Å². The molecule has 0 saturated carbocycles. The van der Waals surface area contributed by atoms with Crippen LogP contribution in [0.15, 0.2) is 42.7 Å². The number of hydrogen-bond donors (Lipinski definition) is 0. The van der Waals surface area contributed by atoms with E-state index >= 15 is 0 Å². The molecule has 0 amide bonds. The van der Waals surface area contributed by atoms with Crippen molar-refractivity contribution in [2.45, 2.75) is 136 Å². The highest BCUT2D eigenvalue weighted by Gasteiger charge is 2.16. The molecule has 0 atom stereocenters. The van der Waals surface area contributed by atoms with Gasteiger partial charge in [-0.2, -0.15) is 0 Å². The van der Waals surface area contributed by atoms with Crippen molar-refractivity contribution in [3.8, 4) is 0 Å². The lowest BCUT2D eigenvalue weighted by molar-refractivity contribution is -0.703. The summed E-state index contributed by atoms with van der Waals surface area (Å²) in [6.07, 6.45) is 28.4. The van der Waals surface area contributed by atoms with Gasteiger partial charge in [0.2, 0.25) is 0 Å². The summed E-state index contributed by atoms with van der Waals surface area (Å²) in [7, 11) is 0. The Hall–Kier alpha value is -1.57. The predicted octanol–water partition coefficient (Wildman–Crippen LogP) is 8.65. The van der Waals surface area contributed by atoms with Crippen LogP contribution in [0, 0.1) is 0 Å². The Kier molecular flexibility index (Phi) is 14.9. The van der Waals surface area contributed by atoms with Crippen LogP contribution in [0.25, 0.3) is 0 Å². The number of aromatic nitrogens is 2. The van der Waals surface area contributed by atoms with Gasteiger partial charge in [0, 0.05) is 6.42 Å². The second-order valence-electron chi connectivity index (χ2n) is 9.72. The number of unbranched alkanes of at least 4 members (excludes halogenated alkanes) is 14. The van der Waals surface area contributed by atoms with Crippen LogP contribution >= 0.6 is 0 Å². The number of rotatable bonds is 20. The number of hydrogen-bond acceptors (Lipinski definition) is 0. The normalized spacial score (nSPS) is 11.3. The fraction of sp³-hybridized carbons (Fsp3) is 0.700. The Morgan fingerprint density at radius 2 is 1.16 bits per heavy atom. The van der Waals surface area contributed by atoms with Crippen LogP contribution in [0.2, 0.25) is 0 Å². The van der Waals surface area contributed by atoms with Crippen LogP contribution in [-0.2, 0) is 19.5 Å². The average molecular weight is 440 g/mol. The predicted molar refractivity (Wildman–Crippen MR) is 139 cm³/mol. The lowest BCUT2D eigenvalue weighted by Gasteiger charge is -2.06. The van der Waals surface area contributed by atoms with Crippen molar-refractivity contribution in [3.05, 3.63) is 54.1 Å². The molecule has 1 heterocycles. The molecule has 2 rings (SSSR count). The highest BCUT2D eigenvalue weighted by Crippen LogP contribution is 2.14. The Balaban J connectivity index is 1.53. The summed E-state index contributed by atoms with van der Waals surface area (Å²) in [5, 5.41) is 0. The van der Waals surface area contributed by atoms with Gasteiger partial charge in [0.25, 0.3) is 5.82 Å². The minimum absolute atomic E-state index is 0.992. The highest BCUT2D eigenvalue weighted by atomic mass is 15.1. The smallest absolute Gasteiger partial charge is 0.234 e. The van der Waals surface area contributed by atoms with Gasteiger partial charge >= 0.3 is 0 Å². The molecule has 2 nitrogen and oxygen atoms in total. The van der Waals surface area contributed by atoms with Crippen LogP contribution < -0.4 is 4.57 Å². The summed E-state index contributed by atoms with van der Waals surface area (Å²) >= 11 is 0. The Morgan fingerprint density at radius 3 is 1.69 bits per heavy atom. The molecular formula is C30H51N2+. The first-order chi connectivity index (χ1) is 15.8. The zero-order valence-electron chi connectivity index (χ0n) is 21.4. The van der Waals surface area contributed by atoms with Gasteiger partial charge in [-0.1, -0.05) is 134 Å². The molecule has 2 heteroatoms. The van der Waals surface area contributed by atoms with Gasteiger partial charge < -0.3 is 0 Å². The van der Waals surface area contributed by atoms with Gasteiger partial charge in [0.1, 0.15) is 18.9 Å². The molecule has 1 aromatic carbocycles. The fourth-order valence-corrected chi connectivity index (χ4v) is 4.81. The van der Waals surface area contributed by atoms with E-state index < -0.39 is 0 Å². The van der Waals surface area contributed by atoms with Crippen LogP contribution in [0.3, 0.4) is 0 Å². The zero-order chi connectivity index (χ0) is 22.7. The van der Waals surface area contributed by atoms with E-state index in [1.165, 1.54) is 121 Å². The van der Waals surface area contributed by atoms with E-state index in [2.05, 4.69) is 65.7 Å². The Labute approximate surface area is 199 Å². The van der Waals surface area contributed by atoms with Gasteiger partial charge in [0.05, 0.1) is 6.54 Å². The lowest BCUT2D eigenvalue weighted by atomic mass is 10.0. The summed E-state index contributed by atoms with van der Waals surface area (Å²) < 4.78 is 4.95. The first-order valence-corrected chi connectivity index (χ1v) is 14.0. The van der Waals surface area contributed by atoms with Gasteiger partial charge in [0.15, 0.2) is 0 Å². The van der Waals surface area contributed by atoms with E-state index in [-0.39, 0.29) is 0 Å². The molecular weight excluding hydrogens is 388 g/mol. The number of nitrogens with zero attached hydrogens (tertiary/aromatic N) is 2. The average Bonchev–Trinajstić information content (AvgIpc) is 3.18. The van der Waals surface area contributed by atoms with Crippen LogP contribution in [-0.4, -0.2) is 4.57 Å². The third kappa shape index (κ3) is 11.3. The zero-order valence-corrected chi connectivity index (χ0v) is 21.4. The number of aryl methyl sites for hydroxylation is 1. The van der Waals surface area contributed by atoms with E-state index in [0.29, 0.717) is 0 Å². The maximum atomic E-state index is 2.48. The Morgan fingerprint density at radius 1 is 0.625 bits per heavy atom. The largest absolute Gasteiger partial charge is 0.256 e. The maximum absolute atomic E-state index is 2.48. The molecule has 0 fully saturated rings. The van der Waals surface area contributed by atoms with Crippen molar-refractivity contribution >= 4 is 0 Å². The van der Waals surface area contributed by atoms with Crippen molar-refractivity contribution in [2.24, 2.45) is 0 Å². The molecule has 180 valence electrons. The van der Waals surface area contributed by atoms with Crippen molar-refractivity contribution in [1.82, 2.24) is 4.57 Å².